The lowest BCUT2D eigenvalue weighted by Crippen LogP contribution is -2.06. The smallest absolute Gasteiger partial charge is 0.342 e. The van der Waals surface area contributed by atoms with Crippen molar-refractivity contribution in [2.45, 2.75) is 13.8 Å². The van der Waals surface area contributed by atoms with E-state index in [0.29, 0.717) is 12.2 Å². The minimum Gasteiger partial charge on any atom is -0.493 e. The summed E-state index contributed by atoms with van der Waals surface area (Å²) in [5, 5.41) is 8.74. The van der Waals surface area contributed by atoms with Crippen LogP contribution in [0.4, 0.5) is 4.39 Å². The molecular formula is C10H11FO3. The molecule has 4 heteroatoms. The van der Waals surface area contributed by atoms with Gasteiger partial charge in [0.1, 0.15) is 17.1 Å². The van der Waals surface area contributed by atoms with Gasteiger partial charge in [0, 0.05) is 0 Å². The number of rotatable bonds is 3. The molecule has 1 N–H and O–H groups in total. The summed E-state index contributed by atoms with van der Waals surface area (Å²) < 4.78 is 18.3. The van der Waals surface area contributed by atoms with Gasteiger partial charge in [-0.1, -0.05) is 0 Å². The van der Waals surface area contributed by atoms with Crippen molar-refractivity contribution in [1.29, 1.82) is 0 Å². The summed E-state index contributed by atoms with van der Waals surface area (Å²) in [6.07, 6.45) is 0. The molecule has 0 fully saturated rings. The first-order valence-electron chi connectivity index (χ1n) is 4.22. The summed E-state index contributed by atoms with van der Waals surface area (Å²) in [6, 6.07) is 2.68. The lowest BCUT2D eigenvalue weighted by Gasteiger charge is -2.08. The van der Waals surface area contributed by atoms with Crippen molar-refractivity contribution in [2.75, 3.05) is 6.61 Å². The number of halogens is 1. The predicted octanol–water partition coefficient (Wildman–Crippen LogP) is 2.23. The van der Waals surface area contributed by atoms with Crippen LogP contribution in [0.3, 0.4) is 0 Å². The topological polar surface area (TPSA) is 46.5 Å². The fraction of sp³-hybridized carbons (Fsp3) is 0.300. The third kappa shape index (κ3) is 2.02. The number of aromatic carboxylic acids is 1. The summed E-state index contributed by atoms with van der Waals surface area (Å²) in [4.78, 5) is 10.7. The van der Waals surface area contributed by atoms with Crippen LogP contribution in [0.25, 0.3) is 0 Å². The van der Waals surface area contributed by atoms with Gasteiger partial charge in [0.15, 0.2) is 0 Å². The maximum Gasteiger partial charge on any atom is 0.342 e. The van der Waals surface area contributed by atoms with Crippen LogP contribution in [0.2, 0.25) is 0 Å². The minimum absolute atomic E-state index is 0.0810. The predicted molar refractivity (Wildman–Crippen MR) is 49.3 cm³/mol. The average molecular weight is 198 g/mol. The van der Waals surface area contributed by atoms with Gasteiger partial charge >= 0.3 is 5.97 Å². The van der Waals surface area contributed by atoms with Gasteiger partial charge in [0.25, 0.3) is 0 Å². The highest BCUT2D eigenvalue weighted by atomic mass is 19.1. The fourth-order valence-electron chi connectivity index (χ4n) is 1.19. The van der Waals surface area contributed by atoms with Crippen LogP contribution in [0, 0.1) is 12.7 Å². The standard InChI is InChI=1S/C10H11FO3/c1-3-14-8-5-6(2)4-7(11)9(8)10(12)13/h4-5H,3H2,1-2H3,(H,12,13). The number of hydrogen-bond acceptors (Lipinski definition) is 2. The van der Waals surface area contributed by atoms with E-state index in [4.69, 9.17) is 9.84 Å². The highest BCUT2D eigenvalue weighted by Gasteiger charge is 2.17. The molecule has 1 aromatic rings. The summed E-state index contributed by atoms with van der Waals surface area (Å²) >= 11 is 0. The van der Waals surface area contributed by atoms with Crippen LogP contribution in [-0.2, 0) is 0 Å². The van der Waals surface area contributed by atoms with Crippen LogP contribution in [0.5, 0.6) is 5.75 Å². The second kappa shape index (κ2) is 4.09. The van der Waals surface area contributed by atoms with E-state index in [-0.39, 0.29) is 5.75 Å². The van der Waals surface area contributed by atoms with Crippen molar-refractivity contribution >= 4 is 5.97 Å². The molecule has 0 aliphatic carbocycles. The van der Waals surface area contributed by atoms with E-state index in [2.05, 4.69) is 0 Å². The minimum atomic E-state index is -1.31. The molecule has 0 aliphatic heterocycles. The van der Waals surface area contributed by atoms with Gasteiger partial charge in [0.2, 0.25) is 0 Å². The first-order chi connectivity index (χ1) is 6.56. The molecular weight excluding hydrogens is 187 g/mol. The van der Waals surface area contributed by atoms with Gasteiger partial charge in [-0.2, -0.15) is 0 Å². The summed E-state index contributed by atoms with van der Waals surface area (Å²) in [7, 11) is 0. The van der Waals surface area contributed by atoms with E-state index in [1.54, 1.807) is 13.8 Å². The largest absolute Gasteiger partial charge is 0.493 e. The molecule has 0 heterocycles. The number of carboxylic acids is 1. The first kappa shape index (κ1) is 10.5. The monoisotopic (exact) mass is 198 g/mol. The average Bonchev–Trinajstić information content (AvgIpc) is 2.01. The molecule has 0 saturated carbocycles. The van der Waals surface area contributed by atoms with Crippen LogP contribution in [0.15, 0.2) is 12.1 Å². The van der Waals surface area contributed by atoms with Crippen molar-refractivity contribution in [2.24, 2.45) is 0 Å². The zero-order valence-corrected chi connectivity index (χ0v) is 8.00. The molecule has 0 radical (unpaired) electrons. The second-order valence-corrected chi connectivity index (χ2v) is 2.86. The van der Waals surface area contributed by atoms with E-state index >= 15 is 0 Å². The molecule has 3 nitrogen and oxygen atoms in total. The van der Waals surface area contributed by atoms with Crippen LogP contribution < -0.4 is 4.74 Å². The zero-order valence-electron chi connectivity index (χ0n) is 8.00. The lowest BCUT2D eigenvalue weighted by molar-refractivity contribution is 0.0687. The molecule has 1 aromatic carbocycles. The van der Waals surface area contributed by atoms with Crippen molar-refractivity contribution < 1.29 is 19.0 Å². The molecule has 0 spiro atoms. The van der Waals surface area contributed by atoms with Gasteiger partial charge in [-0.15, -0.1) is 0 Å². The highest BCUT2D eigenvalue weighted by Crippen LogP contribution is 2.23. The third-order valence-corrected chi connectivity index (χ3v) is 1.71. The second-order valence-electron chi connectivity index (χ2n) is 2.86. The Morgan fingerprint density at radius 3 is 2.71 bits per heavy atom. The van der Waals surface area contributed by atoms with Crippen molar-refractivity contribution in [3.8, 4) is 5.75 Å². The van der Waals surface area contributed by atoms with Crippen LogP contribution >= 0.6 is 0 Å². The fourth-order valence-corrected chi connectivity index (χ4v) is 1.19. The molecule has 0 unspecified atom stereocenters. The summed E-state index contributed by atoms with van der Waals surface area (Å²) in [5.41, 5.74) is 0.230. The van der Waals surface area contributed by atoms with E-state index in [1.807, 2.05) is 0 Å². The third-order valence-electron chi connectivity index (χ3n) is 1.71. The number of carbonyl (C=O) groups is 1. The molecule has 0 aliphatic rings. The van der Waals surface area contributed by atoms with Gasteiger partial charge in [-0.25, -0.2) is 9.18 Å². The van der Waals surface area contributed by atoms with Gasteiger partial charge < -0.3 is 9.84 Å². The number of hydrogen-bond donors (Lipinski definition) is 1. The maximum absolute atomic E-state index is 13.2. The highest BCUT2D eigenvalue weighted by molar-refractivity contribution is 5.91. The number of carboxylic acid groups (broad SMARTS) is 1. The number of ether oxygens (including phenoxy) is 1. The quantitative estimate of drug-likeness (QED) is 0.810. The molecule has 0 bridgehead atoms. The van der Waals surface area contributed by atoms with Crippen molar-refractivity contribution in [3.05, 3.63) is 29.1 Å². The molecule has 0 aromatic heterocycles. The van der Waals surface area contributed by atoms with Crippen molar-refractivity contribution in [1.82, 2.24) is 0 Å². The molecule has 0 saturated heterocycles. The molecule has 0 amide bonds. The Kier molecular flexibility index (Phi) is 3.06. The SMILES string of the molecule is CCOc1cc(C)cc(F)c1C(=O)O. The normalized spacial score (nSPS) is 9.93. The molecule has 1 rings (SSSR count). The summed E-state index contributed by atoms with van der Waals surface area (Å²) in [5.74, 6) is -2.00. The van der Waals surface area contributed by atoms with Crippen LogP contribution in [0.1, 0.15) is 22.8 Å². The summed E-state index contributed by atoms with van der Waals surface area (Å²) in [6.45, 7) is 3.70. The molecule has 0 atom stereocenters. The Balaban J connectivity index is 3.28. The zero-order chi connectivity index (χ0) is 10.7. The maximum atomic E-state index is 13.2. The van der Waals surface area contributed by atoms with E-state index in [9.17, 15) is 9.18 Å². The number of benzene rings is 1. The molecule has 14 heavy (non-hydrogen) atoms. The molecule has 76 valence electrons. The Bertz CT molecular complexity index is 361. The van der Waals surface area contributed by atoms with Gasteiger partial charge in [-0.05, 0) is 31.5 Å². The van der Waals surface area contributed by atoms with E-state index in [0.717, 1.165) is 0 Å². The Labute approximate surface area is 81.1 Å². The Hall–Kier alpha value is -1.58. The van der Waals surface area contributed by atoms with Gasteiger partial charge in [0.05, 0.1) is 6.61 Å². The Morgan fingerprint density at radius 1 is 1.57 bits per heavy atom. The van der Waals surface area contributed by atoms with E-state index < -0.39 is 17.3 Å². The van der Waals surface area contributed by atoms with Crippen LogP contribution in [-0.4, -0.2) is 17.7 Å². The van der Waals surface area contributed by atoms with Gasteiger partial charge in [-0.3, -0.25) is 0 Å². The Morgan fingerprint density at radius 2 is 2.21 bits per heavy atom. The number of aryl methyl sites for hydroxylation is 1. The van der Waals surface area contributed by atoms with E-state index in [1.165, 1.54) is 12.1 Å². The lowest BCUT2D eigenvalue weighted by atomic mass is 10.1. The first-order valence-corrected chi connectivity index (χ1v) is 4.22. The van der Waals surface area contributed by atoms with Crippen molar-refractivity contribution in [3.63, 3.8) is 0 Å².